The number of rotatable bonds is 4. The van der Waals surface area contributed by atoms with Crippen LogP contribution in [0.5, 0.6) is 5.75 Å². The zero-order chi connectivity index (χ0) is 14.8. The van der Waals surface area contributed by atoms with Crippen LogP contribution in [0.25, 0.3) is 10.2 Å². The third kappa shape index (κ3) is 2.90. The molecule has 2 heterocycles. The number of nitrogens with one attached hydrogen (secondary N) is 1. The van der Waals surface area contributed by atoms with Crippen molar-refractivity contribution in [3.8, 4) is 5.75 Å². The first kappa shape index (κ1) is 13.6. The zero-order valence-electron chi connectivity index (χ0n) is 11.9. The summed E-state index contributed by atoms with van der Waals surface area (Å²) in [5.74, 6) is 1.85. The minimum absolute atomic E-state index is 0.276. The minimum Gasteiger partial charge on any atom is -0.494 e. The molecule has 0 unspecified atom stereocenters. The molecule has 0 aliphatic heterocycles. The van der Waals surface area contributed by atoms with Crippen LogP contribution in [0.1, 0.15) is 11.8 Å². The van der Waals surface area contributed by atoms with Crippen molar-refractivity contribution in [2.75, 3.05) is 17.7 Å². The molecule has 0 aliphatic carbocycles. The summed E-state index contributed by atoms with van der Waals surface area (Å²) in [5.41, 5.74) is 6.71. The Morgan fingerprint density at radius 1 is 1.24 bits per heavy atom. The highest BCUT2D eigenvalue weighted by molar-refractivity contribution is 7.18. The fourth-order valence-electron chi connectivity index (χ4n) is 2.09. The Hall–Kier alpha value is -2.34. The van der Waals surface area contributed by atoms with E-state index in [-0.39, 0.29) is 5.95 Å². The Bertz CT molecular complexity index is 767. The molecule has 0 saturated heterocycles. The number of anilines is 3. The van der Waals surface area contributed by atoms with Gasteiger partial charge >= 0.3 is 0 Å². The summed E-state index contributed by atoms with van der Waals surface area (Å²) >= 11 is 1.61. The number of benzene rings is 1. The van der Waals surface area contributed by atoms with Crippen molar-refractivity contribution in [1.29, 1.82) is 0 Å². The van der Waals surface area contributed by atoms with Crippen LogP contribution in [-0.4, -0.2) is 16.6 Å². The summed E-state index contributed by atoms with van der Waals surface area (Å²) in [6.45, 7) is 4.67. The van der Waals surface area contributed by atoms with E-state index in [1.165, 1.54) is 4.88 Å². The fraction of sp³-hybridized carbons (Fsp3) is 0.200. The normalized spacial score (nSPS) is 10.8. The molecule has 0 saturated carbocycles. The van der Waals surface area contributed by atoms with Gasteiger partial charge in [-0.25, -0.2) is 4.98 Å². The summed E-state index contributed by atoms with van der Waals surface area (Å²) in [6, 6.07) is 9.82. The SMILES string of the molecule is CCOc1ccc(Nc2nc(N)nc3sc(C)cc23)cc1. The average Bonchev–Trinajstić information content (AvgIpc) is 2.81. The molecule has 108 valence electrons. The van der Waals surface area contributed by atoms with Crippen molar-refractivity contribution in [2.24, 2.45) is 0 Å². The maximum absolute atomic E-state index is 5.78. The second kappa shape index (κ2) is 5.57. The molecule has 0 aliphatic rings. The first-order chi connectivity index (χ1) is 10.2. The van der Waals surface area contributed by atoms with Crippen LogP contribution in [-0.2, 0) is 0 Å². The number of aryl methyl sites for hydroxylation is 1. The van der Waals surface area contributed by atoms with Gasteiger partial charge in [-0.3, -0.25) is 0 Å². The van der Waals surface area contributed by atoms with Crippen LogP contribution < -0.4 is 15.8 Å². The quantitative estimate of drug-likeness (QED) is 0.768. The number of hydrogen-bond donors (Lipinski definition) is 2. The van der Waals surface area contributed by atoms with Gasteiger partial charge in [-0.1, -0.05) is 0 Å². The lowest BCUT2D eigenvalue weighted by Gasteiger charge is -2.08. The van der Waals surface area contributed by atoms with E-state index in [0.29, 0.717) is 6.61 Å². The summed E-state index contributed by atoms with van der Waals surface area (Å²) < 4.78 is 5.43. The van der Waals surface area contributed by atoms with E-state index < -0.39 is 0 Å². The molecule has 0 bridgehead atoms. The monoisotopic (exact) mass is 300 g/mol. The molecule has 0 radical (unpaired) electrons. The van der Waals surface area contributed by atoms with Gasteiger partial charge in [0.05, 0.1) is 12.0 Å². The van der Waals surface area contributed by atoms with E-state index in [1.54, 1.807) is 11.3 Å². The highest BCUT2D eigenvalue weighted by atomic mass is 32.1. The van der Waals surface area contributed by atoms with Gasteiger partial charge < -0.3 is 15.8 Å². The Kier molecular flexibility index (Phi) is 3.62. The molecule has 6 heteroatoms. The summed E-state index contributed by atoms with van der Waals surface area (Å²) in [6.07, 6.45) is 0. The highest BCUT2D eigenvalue weighted by Gasteiger charge is 2.09. The molecule has 21 heavy (non-hydrogen) atoms. The molecule has 0 amide bonds. The van der Waals surface area contributed by atoms with Crippen molar-refractivity contribution in [1.82, 2.24) is 9.97 Å². The van der Waals surface area contributed by atoms with Crippen molar-refractivity contribution in [3.63, 3.8) is 0 Å². The van der Waals surface area contributed by atoms with Gasteiger partial charge in [-0.15, -0.1) is 11.3 Å². The average molecular weight is 300 g/mol. The van der Waals surface area contributed by atoms with Crippen molar-refractivity contribution >= 4 is 39.0 Å². The molecular formula is C15H16N4OS. The lowest BCUT2D eigenvalue weighted by molar-refractivity contribution is 0.340. The fourth-order valence-corrected chi connectivity index (χ4v) is 2.98. The van der Waals surface area contributed by atoms with Gasteiger partial charge in [0, 0.05) is 10.6 Å². The lowest BCUT2D eigenvalue weighted by Crippen LogP contribution is -2.00. The van der Waals surface area contributed by atoms with Crippen molar-refractivity contribution < 1.29 is 4.74 Å². The van der Waals surface area contributed by atoms with Crippen LogP contribution >= 0.6 is 11.3 Å². The third-order valence-corrected chi connectivity index (χ3v) is 3.91. The molecular weight excluding hydrogens is 284 g/mol. The second-order valence-electron chi connectivity index (χ2n) is 4.59. The molecule has 0 spiro atoms. The predicted molar refractivity (Wildman–Crippen MR) is 87.5 cm³/mol. The largest absolute Gasteiger partial charge is 0.494 e. The first-order valence-corrected chi connectivity index (χ1v) is 7.51. The van der Waals surface area contributed by atoms with E-state index >= 15 is 0 Å². The topological polar surface area (TPSA) is 73.1 Å². The first-order valence-electron chi connectivity index (χ1n) is 6.69. The molecule has 5 nitrogen and oxygen atoms in total. The van der Waals surface area contributed by atoms with Gasteiger partial charge in [0.15, 0.2) is 0 Å². The number of thiophene rings is 1. The van der Waals surface area contributed by atoms with Crippen LogP contribution in [0.3, 0.4) is 0 Å². The van der Waals surface area contributed by atoms with E-state index in [2.05, 4.69) is 21.4 Å². The summed E-state index contributed by atoms with van der Waals surface area (Å²) in [7, 11) is 0. The number of aromatic nitrogens is 2. The highest BCUT2D eigenvalue weighted by Crippen LogP contribution is 2.31. The van der Waals surface area contributed by atoms with Crippen LogP contribution in [0.15, 0.2) is 30.3 Å². The zero-order valence-corrected chi connectivity index (χ0v) is 12.7. The Morgan fingerprint density at radius 3 is 2.71 bits per heavy atom. The molecule has 0 atom stereocenters. The number of nitrogens with zero attached hydrogens (tertiary/aromatic N) is 2. The van der Waals surface area contributed by atoms with Crippen molar-refractivity contribution in [2.45, 2.75) is 13.8 Å². The number of ether oxygens (including phenoxy) is 1. The van der Waals surface area contributed by atoms with Crippen LogP contribution in [0.4, 0.5) is 17.5 Å². The minimum atomic E-state index is 0.276. The van der Waals surface area contributed by atoms with Gasteiger partial charge in [0.2, 0.25) is 5.95 Å². The smallest absolute Gasteiger partial charge is 0.223 e. The molecule has 0 fully saturated rings. The van der Waals surface area contributed by atoms with E-state index in [1.807, 2.05) is 38.1 Å². The second-order valence-corrected chi connectivity index (χ2v) is 5.82. The van der Waals surface area contributed by atoms with E-state index in [0.717, 1.165) is 27.5 Å². The Morgan fingerprint density at radius 2 is 2.00 bits per heavy atom. The molecule has 3 aromatic rings. The third-order valence-electron chi connectivity index (χ3n) is 2.96. The van der Waals surface area contributed by atoms with Gasteiger partial charge in [-0.05, 0) is 44.2 Å². The summed E-state index contributed by atoms with van der Waals surface area (Å²) in [4.78, 5) is 10.6. The maximum Gasteiger partial charge on any atom is 0.223 e. The molecule has 3 N–H and O–H groups in total. The number of nitrogens with two attached hydrogens (primary N) is 1. The van der Waals surface area contributed by atoms with Crippen molar-refractivity contribution in [3.05, 3.63) is 35.2 Å². The maximum atomic E-state index is 5.78. The van der Waals surface area contributed by atoms with Crippen LogP contribution in [0, 0.1) is 6.92 Å². The number of fused-ring (bicyclic) bond motifs is 1. The molecule has 2 aromatic heterocycles. The standard InChI is InChI=1S/C15H16N4OS/c1-3-20-11-6-4-10(5-7-11)17-13-12-8-9(2)21-14(12)19-15(16)18-13/h4-8H,3H2,1-2H3,(H3,16,17,18,19). The lowest BCUT2D eigenvalue weighted by atomic mass is 10.3. The Balaban J connectivity index is 1.93. The Labute approximate surface area is 126 Å². The van der Waals surface area contributed by atoms with Gasteiger partial charge in [0.25, 0.3) is 0 Å². The van der Waals surface area contributed by atoms with Gasteiger partial charge in [0.1, 0.15) is 16.4 Å². The summed E-state index contributed by atoms with van der Waals surface area (Å²) in [5, 5.41) is 4.28. The molecule has 1 aromatic carbocycles. The molecule has 3 rings (SSSR count). The number of nitrogen functional groups attached to an aromatic ring is 1. The number of hydrogen-bond acceptors (Lipinski definition) is 6. The predicted octanol–water partition coefficient (Wildman–Crippen LogP) is 3.72. The van der Waals surface area contributed by atoms with Crippen LogP contribution in [0.2, 0.25) is 0 Å². The van der Waals surface area contributed by atoms with E-state index in [9.17, 15) is 0 Å². The van der Waals surface area contributed by atoms with Gasteiger partial charge in [-0.2, -0.15) is 4.98 Å². The van der Waals surface area contributed by atoms with E-state index in [4.69, 9.17) is 10.5 Å².